The van der Waals surface area contributed by atoms with Crippen LogP contribution in [0.3, 0.4) is 0 Å². The molecular weight excluding hydrogens is 355 g/mol. The third kappa shape index (κ3) is 6.43. The Hall–Kier alpha value is -1.11. The van der Waals surface area contributed by atoms with E-state index in [0.717, 1.165) is 31.2 Å². The third-order valence-electron chi connectivity index (χ3n) is 7.93. The predicted molar refractivity (Wildman–Crippen MR) is 124 cm³/mol. The number of benzene rings is 1. The van der Waals surface area contributed by atoms with Crippen LogP contribution in [-0.2, 0) is 6.42 Å². The predicted octanol–water partition coefficient (Wildman–Crippen LogP) is 9.28. The van der Waals surface area contributed by atoms with Crippen molar-refractivity contribution in [1.29, 1.82) is 0 Å². The molecule has 1 saturated carbocycles. The van der Waals surface area contributed by atoms with Gasteiger partial charge in [-0.3, -0.25) is 0 Å². The Bertz CT molecular complexity index is 650. The Morgan fingerprint density at radius 2 is 1.86 bits per heavy atom. The van der Waals surface area contributed by atoms with Gasteiger partial charge in [-0.25, -0.2) is 4.39 Å². The van der Waals surface area contributed by atoms with E-state index in [1.165, 1.54) is 82.6 Å². The summed E-state index contributed by atoms with van der Waals surface area (Å²) in [4.78, 5) is 0. The summed E-state index contributed by atoms with van der Waals surface area (Å²) in [5.41, 5.74) is 4.34. The van der Waals surface area contributed by atoms with Gasteiger partial charge >= 0.3 is 0 Å². The number of hydrogen-bond donors (Lipinski definition) is 0. The maximum absolute atomic E-state index is 14.8. The summed E-state index contributed by atoms with van der Waals surface area (Å²) in [6, 6.07) is 6.22. The SMILES string of the molecule is CCCCc1ccc(C(CCC2(CC)CCCCC2)CC2=CCCCC2)cc1F. The molecule has 0 amide bonds. The molecule has 0 nitrogen and oxygen atoms in total. The minimum absolute atomic E-state index is 0.0291. The summed E-state index contributed by atoms with van der Waals surface area (Å²) < 4.78 is 14.8. The Balaban J connectivity index is 1.75. The molecule has 2 aliphatic carbocycles. The van der Waals surface area contributed by atoms with Crippen molar-refractivity contribution in [2.45, 2.75) is 122 Å². The van der Waals surface area contributed by atoms with E-state index >= 15 is 0 Å². The molecule has 0 radical (unpaired) electrons. The van der Waals surface area contributed by atoms with E-state index in [9.17, 15) is 4.39 Å². The fourth-order valence-electron chi connectivity index (χ4n) is 5.74. The van der Waals surface area contributed by atoms with E-state index in [0.29, 0.717) is 11.3 Å². The Kier molecular flexibility index (Phi) is 8.82. The van der Waals surface area contributed by atoms with Gasteiger partial charge in [0.1, 0.15) is 5.82 Å². The monoisotopic (exact) mass is 398 g/mol. The van der Waals surface area contributed by atoms with E-state index in [-0.39, 0.29) is 5.82 Å². The quantitative estimate of drug-likeness (QED) is 0.344. The molecule has 0 heterocycles. The molecule has 0 spiro atoms. The first-order valence-electron chi connectivity index (χ1n) is 12.6. The van der Waals surface area contributed by atoms with E-state index in [2.05, 4.69) is 32.1 Å². The van der Waals surface area contributed by atoms with Crippen LogP contribution in [0.5, 0.6) is 0 Å². The molecule has 0 N–H and O–H groups in total. The fourth-order valence-corrected chi connectivity index (χ4v) is 5.74. The van der Waals surface area contributed by atoms with Gasteiger partial charge in [0.2, 0.25) is 0 Å². The molecular formula is C28H43F. The van der Waals surface area contributed by atoms with Crippen molar-refractivity contribution in [3.8, 4) is 0 Å². The van der Waals surface area contributed by atoms with Crippen LogP contribution in [0.15, 0.2) is 29.8 Å². The normalized spacial score (nSPS) is 20.3. The van der Waals surface area contributed by atoms with Gasteiger partial charge in [-0.05, 0) is 99.2 Å². The molecule has 1 unspecified atom stereocenters. The number of aryl methyl sites for hydroxylation is 1. The van der Waals surface area contributed by atoms with Crippen molar-refractivity contribution >= 4 is 0 Å². The number of rotatable bonds is 10. The highest BCUT2D eigenvalue weighted by atomic mass is 19.1. The molecule has 1 atom stereocenters. The van der Waals surface area contributed by atoms with Gasteiger partial charge in [0, 0.05) is 0 Å². The Labute approximate surface area is 179 Å². The highest BCUT2D eigenvalue weighted by molar-refractivity contribution is 5.29. The first-order valence-corrected chi connectivity index (χ1v) is 12.6. The van der Waals surface area contributed by atoms with Crippen LogP contribution in [0.2, 0.25) is 0 Å². The lowest BCUT2D eigenvalue weighted by Gasteiger charge is -2.38. The summed E-state index contributed by atoms with van der Waals surface area (Å²) in [7, 11) is 0. The van der Waals surface area contributed by atoms with Crippen LogP contribution in [0.1, 0.15) is 127 Å². The van der Waals surface area contributed by atoms with E-state index in [4.69, 9.17) is 0 Å². The number of hydrogen-bond acceptors (Lipinski definition) is 0. The molecule has 0 bridgehead atoms. The number of allylic oxidation sites excluding steroid dienone is 2. The lowest BCUT2D eigenvalue weighted by Crippen LogP contribution is -2.24. The molecule has 1 aromatic rings. The van der Waals surface area contributed by atoms with E-state index < -0.39 is 0 Å². The second-order valence-electron chi connectivity index (χ2n) is 9.92. The minimum Gasteiger partial charge on any atom is -0.207 e. The van der Waals surface area contributed by atoms with Crippen molar-refractivity contribution in [3.05, 3.63) is 46.8 Å². The molecule has 162 valence electrons. The van der Waals surface area contributed by atoms with Crippen LogP contribution in [-0.4, -0.2) is 0 Å². The molecule has 3 rings (SSSR count). The van der Waals surface area contributed by atoms with Gasteiger partial charge in [0.25, 0.3) is 0 Å². The Morgan fingerprint density at radius 3 is 2.52 bits per heavy atom. The van der Waals surface area contributed by atoms with Gasteiger partial charge < -0.3 is 0 Å². The second-order valence-corrected chi connectivity index (χ2v) is 9.92. The van der Waals surface area contributed by atoms with Gasteiger partial charge in [-0.2, -0.15) is 0 Å². The summed E-state index contributed by atoms with van der Waals surface area (Å²) in [5.74, 6) is 0.515. The summed E-state index contributed by atoms with van der Waals surface area (Å²) >= 11 is 0. The fraction of sp³-hybridized carbons (Fsp3) is 0.714. The standard InChI is InChI=1S/C28H43F/c1-3-5-14-24-15-16-25(22-27(24)29)26(21-23-12-8-6-9-13-23)17-20-28(4-2)18-10-7-11-19-28/h12,15-16,22,26H,3-11,13-14,17-21H2,1-2H3. The van der Waals surface area contributed by atoms with Crippen molar-refractivity contribution in [3.63, 3.8) is 0 Å². The smallest absolute Gasteiger partial charge is 0.126 e. The average Bonchev–Trinajstić information content (AvgIpc) is 2.77. The maximum atomic E-state index is 14.8. The second kappa shape index (κ2) is 11.3. The van der Waals surface area contributed by atoms with Crippen LogP contribution in [0.4, 0.5) is 4.39 Å². The zero-order chi connectivity index (χ0) is 20.5. The molecule has 1 fully saturated rings. The topological polar surface area (TPSA) is 0 Å². The van der Waals surface area contributed by atoms with E-state index in [1.807, 2.05) is 6.07 Å². The molecule has 0 aliphatic heterocycles. The van der Waals surface area contributed by atoms with Gasteiger partial charge in [-0.15, -0.1) is 0 Å². The van der Waals surface area contributed by atoms with Crippen molar-refractivity contribution in [2.75, 3.05) is 0 Å². The van der Waals surface area contributed by atoms with Crippen LogP contribution in [0.25, 0.3) is 0 Å². The zero-order valence-electron chi connectivity index (χ0n) is 19.1. The number of unbranched alkanes of at least 4 members (excludes halogenated alkanes) is 1. The van der Waals surface area contributed by atoms with Gasteiger partial charge in [-0.1, -0.05) is 69.7 Å². The zero-order valence-corrected chi connectivity index (χ0v) is 19.1. The lowest BCUT2D eigenvalue weighted by atomic mass is 9.68. The highest BCUT2D eigenvalue weighted by Crippen LogP contribution is 2.45. The number of halogens is 1. The van der Waals surface area contributed by atoms with Crippen molar-refractivity contribution in [1.82, 2.24) is 0 Å². The molecule has 2 aliphatic rings. The third-order valence-corrected chi connectivity index (χ3v) is 7.93. The lowest BCUT2D eigenvalue weighted by molar-refractivity contribution is 0.156. The van der Waals surface area contributed by atoms with Gasteiger partial charge in [0.15, 0.2) is 0 Å². The van der Waals surface area contributed by atoms with Crippen LogP contribution >= 0.6 is 0 Å². The summed E-state index contributed by atoms with van der Waals surface area (Å²) in [5, 5.41) is 0. The molecule has 29 heavy (non-hydrogen) atoms. The van der Waals surface area contributed by atoms with Crippen LogP contribution in [0, 0.1) is 11.2 Å². The average molecular weight is 399 g/mol. The summed E-state index contributed by atoms with van der Waals surface area (Å²) in [6.07, 6.45) is 22.8. The first kappa shape index (κ1) is 22.6. The molecule has 1 aromatic carbocycles. The summed E-state index contributed by atoms with van der Waals surface area (Å²) in [6.45, 7) is 4.57. The molecule has 0 aromatic heterocycles. The minimum atomic E-state index is 0.0291. The van der Waals surface area contributed by atoms with Crippen LogP contribution < -0.4 is 0 Å². The largest absolute Gasteiger partial charge is 0.207 e. The molecule has 0 saturated heterocycles. The van der Waals surface area contributed by atoms with Gasteiger partial charge in [0.05, 0.1) is 0 Å². The Morgan fingerprint density at radius 1 is 1.03 bits per heavy atom. The van der Waals surface area contributed by atoms with Crippen molar-refractivity contribution in [2.24, 2.45) is 5.41 Å². The highest BCUT2D eigenvalue weighted by Gasteiger charge is 2.31. The first-order chi connectivity index (χ1) is 14.2. The van der Waals surface area contributed by atoms with E-state index in [1.54, 1.807) is 5.57 Å². The van der Waals surface area contributed by atoms with Crippen molar-refractivity contribution < 1.29 is 4.39 Å². The maximum Gasteiger partial charge on any atom is 0.126 e. The molecule has 1 heteroatoms.